The van der Waals surface area contributed by atoms with Crippen LogP contribution in [0.1, 0.15) is 30.9 Å². The lowest BCUT2D eigenvalue weighted by Crippen LogP contribution is -2.49. The van der Waals surface area contributed by atoms with Crippen molar-refractivity contribution in [3.8, 4) is 5.75 Å². The molecule has 1 amide bonds. The Labute approximate surface area is 207 Å². The summed E-state index contributed by atoms with van der Waals surface area (Å²) in [7, 11) is -3.49. The quantitative estimate of drug-likeness (QED) is 0.446. The number of sulfone groups is 1. The zero-order valence-electron chi connectivity index (χ0n) is 20.4. The number of rotatable bonds is 9. The Morgan fingerprint density at radius 3 is 2.28 bits per heavy atom. The first kappa shape index (κ1) is 28.2. The molecule has 1 saturated carbocycles. The number of alkyl halides is 3. The number of amides is 1. The number of piperazine rings is 1. The molecule has 2 fully saturated rings. The van der Waals surface area contributed by atoms with E-state index in [1.807, 2.05) is 4.90 Å². The molecule has 2 aliphatic rings. The second-order valence-corrected chi connectivity index (χ2v) is 11.7. The van der Waals surface area contributed by atoms with Gasteiger partial charge in [-0.05, 0) is 32.3 Å². The second kappa shape index (κ2) is 10.5. The third-order valence-corrected chi connectivity index (χ3v) is 7.25. The van der Waals surface area contributed by atoms with E-state index in [9.17, 15) is 35.6 Å². The fourth-order valence-corrected chi connectivity index (χ4v) is 4.64. The number of Topliss-reactive ketones (excluding diaryl/α,β-unsaturated/α-hetero) is 1. The summed E-state index contributed by atoms with van der Waals surface area (Å²) in [6.45, 7) is 3.36. The first-order valence-electron chi connectivity index (χ1n) is 11.5. The molecule has 0 aromatic heterocycles. The lowest BCUT2D eigenvalue weighted by Gasteiger charge is -2.35. The molecule has 1 aromatic carbocycles. The summed E-state index contributed by atoms with van der Waals surface area (Å²) in [6.07, 6.45) is -5.98. The second-order valence-electron chi connectivity index (χ2n) is 9.58. The van der Waals surface area contributed by atoms with Crippen LogP contribution in [0.25, 0.3) is 0 Å². The molecular formula is C23H30F4N2O6S. The predicted octanol–water partition coefficient (Wildman–Crippen LogP) is 3.11. The molecule has 0 spiro atoms. The fourth-order valence-electron chi connectivity index (χ4n) is 3.85. The summed E-state index contributed by atoms with van der Waals surface area (Å²) in [5.41, 5.74) is -0.0885. The number of ether oxygens (including phenoxy) is 2. The summed E-state index contributed by atoms with van der Waals surface area (Å²) >= 11 is 0. The van der Waals surface area contributed by atoms with E-state index in [4.69, 9.17) is 4.74 Å². The maximum absolute atomic E-state index is 15.0. The van der Waals surface area contributed by atoms with E-state index in [1.54, 1.807) is 19.1 Å². The molecule has 8 nitrogen and oxygen atoms in total. The molecule has 13 heteroatoms. The maximum Gasteiger partial charge on any atom is 0.425 e. The molecule has 1 heterocycles. The Kier molecular flexibility index (Phi) is 8.23. The number of nitrogens with zero attached hydrogens (tertiary/aromatic N) is 2. The molecule has 1 unspecified atom stereocenters. The van der Waals surface area contributed by atoms with Gasteiger partial charge >= 0.3 is 12.3 Å². The van der Waals surface area contributed by atoms with Crippen molar-refractivity contribution in [3.05, 3.63) is 29.1 Å². The zero-order chi connectivity index (χ0) is 26.9. The van der Waals surface area contributed by atoms with Gasteiger partial charge in [-0.15, -0.1) is 0 Å². The highest BCUT2D eigenvalue weighted by Gasteiger charge is 2.51. The van der Waals surface area contributed by atoms with Crippen molar-refractivity contribution in [2.75, 3.05) is 44.8 Å². The Morgan fingerprint density at radius 2 is 1.75 bits per heavy atom. The van der Waals surface area contributed by atoms with Crippen LogP contribution in [-0.4, -0.2) is 87.2 Å². The summed E-state index contributed by atoms with van der Waals surface area (Å²) in [6, 6.07) is 3.28. The third-order valence-electron chi connectivity index (χ3n) is 6.47. The average Bonchev–Trinajstić information content (AvgIpc) is 3.56. The van der Waals surface area contributed by atoms with Crippen LogP contribution < -0.4 is 4.74 Å². The lowest BCUT2D eigenvalue weighted by molar-refractivity contribution is -0.200. The monoisotopic (exact) mass is 538 g/mol. The van der Waals surface area contributed by atoms with E-state index in [-0.39, 0.29) is 32.0 Å². The molecule has 1 saturated heterocycles. The van der Waals surface area contributed by atoms with Gasteiger partial charge in [0.2, 0.25) is 0 Å². The average molecular weight is 539 g/mol. The Bertz CT molecular complexity index is 1100. The van der Waals surface area contributed by atoms with Gasteiger partial charge in [-0.2, -0.15) is 13.2 Å². The van der Waals surface area contributed by atoms with Gasteiger partial charge in [0, 0.05) is 44.5 Å². The van der Waals surface area contributed by atoms with E-state index in [0.717, 1.165) is 13.2 Å². The normalized spacial score (nSPS) is 19.0. The SMILES string of the molecule is Cc1ccc(CN2CCN(C(=O)OC(C)C(F)(F)F)CC2)c(OCC2(C(=O)CS(C)(=O)=O)CC2)c1F. The van der Waals surface area contributed by atoms with Crippen molar-refractivity contribution in [2.24, 2.45) is 5.41 Å². The Balaban J connectivity index is 1.62. The number of benzene rings is 1. The number of aryl methyl sites for hydroxylation is 1. The number of halogens is 4. The summed E-state index contributed by atoms with van der Waals surface area (Å²) in [5, 5.41) is 0. The van der Waals surface area contributed by atoms with Crippen LogP contribution in [0.3, 0.4) is 0 Å². The largest absolute Gasteiger partial charge is 0.489 e. The highest BCUT2D eigenvalue weighted by atomic mass is 32.2. The minimum absolute atomic E-state index is 0.0192. The topological polar surface area (TPSA) is 93.2 Å². The molecule has 1 aromatic rings. The summed E-state index contributed by atoms with van der Waals surface area (Å²) in [4.78, 5) is 27.6. The molecule has 1 aliphatic heterocycles. The molecule has 1 atom stereocenters. The van der Waals surface area contributed by atoms with E-state index < -0.39 is 51.0 Å². The highest BCUT2D eigenvalue weighted by Crippen LogP contribution is 2.47. The van der Waals surface area contributed by atoms with Crippen LogP contribution in [0.5, 0.6) is 5.75 Å². The third kappa shape index (κ3) is 7.09. The van der Waals surface area contributed by atoms with Gasteiger partial charge in [-0.25, -0.2) is 17.6 Å². The smallest absolute Gasteiger partial charge is 0.425 e. The number of hydrogen-bond acceptors (Lipinski definition) is 7. The number of carbonyl (C=O) groups is 2. The molecule has 202 valence electrons. The molecule has 36 heavy (non-hydrogen) atoms. The molecule has 3 rings (SSSR count). The first-order valence-corrected chi connectivity index (χ1v) is 13.5. The summed E-state index contributed by atoms with van der Waals surface area (Å²) < 4.78 is 86.2. The van der Waals surface area contributed by atoms with Gasteiger partial charge in [-0.1, -0.05) is 12.1 Å². The maximum atomic E-state index is 15.0. The molecule has 1 aliphatic carbocycles. The standard InChI is InChI=1S/C23H30F4N2O6S/c1-15-4-5-17(12-28-8-10-29(11-9-28)21(31)35-16(2)23(25,26)27)20(19(15)24)34-14-22(6-7-22)18(30)13-36(3,32)33/h4-5,16H,6-14H2,1-3H3. The Hall–Kier alpha value is -2.41. The van der Waals surface area contributed by atoms with Gasteiger partial charge < -0.3 is 14.4 Å². The lowest BCUT2D eigenvalue weighted by atomic mass is 10.0. The van der Waals surface area contributed by atoms with E-state index in [2.05, 4.69) is 4.74 Å². The van der Waals surface area contributed by atoms with Crippen LogP contribution in [0.4, 0.5) is 22.4 Å². The highest BCUT2D eigenvalue weighted by molar-refractivity contribution is 7.91. The molecule has 0 radical (unpaired) electrons. The van der Waals surface area contributed by atoms with Crippen molar-refractivity contribution < 1.29 is 45.0 Å². The molecular weight excluding hydrogens is 508 g/mol. The van der Waals surface area contributed by atoms with Gasteiger partial charge in [0.1, 0.15) is 12.4 Å². The van der Waals surface area contributed by atoms with Gasteiger partial charge in [-0.3, -0.25) is 9.69 Å². The van der Waals surface area contributed by atoms with Gasteiger partial charge in [0.25, 0.3) is 0 Å². The van der Waals surface area contributed by atoms with Crippen LogP contribution in [-0.2, 0) is 25.9 Å². The number of hydrogen-bond donors (Lipinski definition) is 0. The van der Waals surface area contributed by atoms with Crippen molar-refractivity contribution in [1.29, 1.82) is 0 Å². The van der Waals surface area contributed by atoms with Crippen LogP contribution in [0, 0.1) is 18.2 Å². The molecule has 0 bridgehead atoms. The Morgan fingerprint density at radius 1 is 1.14 bits per heavy atom. The van der Waals surface area contributed by atoms with Crippen LogP contribution in [0.2, 0.25) is 0 Å². The number of ketones is 1. The predicted molar refractivity (Wildman–Crippen MR) is 122 cm³/mol. The van der Waals surface area contributed by atoms with Crippen molar-refractivity contribution in [2.45, 2.75) is 45.5 Å². The fraction of sp³-hybridized carbons (Fsp3) is 0.652. The van der Waals surface area contributed by atoms with Gasteiger partial charge in [0.05, 0.1) is 5.41 Å². The summed E-state index contributed by atoms with van der Waals surface area (Å²) in [5.74, 6) is -1.63. The minimum atomic E-state index is -4.64. The number of carbonyl (C=O) groups excluding carboxylic acids is 2. The van der Waals surface area contributed by atoms with E-state index in [1.165, 1.54) is 4.90 Å². The minimum Gasteiger partial charge on any atom is -0.489 e. The van der Waals surface area contributed by atoms with E-state index in [0.29, 0.717) is 37.1 Å². The van der Waals surface area contributed by atoms with E-state index >= 15 is 0 Å². The van der Waals surface area contributed by atoms with Gasteiger partial charge in [0.15, 0.2) is 33.3 Å². The zero-order valence-corrected chi connectivity index (χ0v) is 21.2. The van der Waals surface area contributed by atoms with Crippen molar-refractivity contribution >= 4 is 21.7 Å². The first-order chi connectivity index (χ1) is 16.6. The molecule has 0 N–H and O–H groups in total. The van der Waals surface area contributed by atoms with Crippen molar-refractivity contribution in [3.63, 3.8) is 0 Å². The van der Waals surface area contributed by atoms with Crippen LogP contribution >= 0.6 is 0 Å². The van der Waals surface area contributed by atoms with Crippen LogP contribution in [0.15, 0.2) is 12.1 Å². The van der Waals surface area contributed by atoms with Crippen molar-refractivity contribution in [1.82, 2.24) is 9.80 Å².